The number of hydrogen-bond acceptors (Lipinski definition) is 7. The van der Waals surface area contributed by atoms with Crippen molar-refractivity contribution >= 4 is 23.2 Å². The fraction of sp³-hybridized carbons (Fsp3) is 0.560. The zero-order chi connectivity index (χ0) is 24.1. The van der Waals surface area contributed by atoms with Crippen molar-refractivity contribution in [1.82, 2.24) is 20.5 Å². The first-order valence-corrected chi connectivity index (χ1v) is 13.1. The SMILES string of the molecule is CCCNCC(O)CNC(=O)c1cc2c(c(C(=O)N3CCCC3c3nc(C)cs3)c1)CCCO2. The summed E-state index contributed by atoms with van der Waals surface area (Å²) in [4.78, 5) is 33.2. The van der Waals surface area contributed by atoms with Gasteiger partial charge in [0.2, 0.25) is 0 Å². The first-order chi connectivity index (χ1) is 16.5. The van der Waals surface area contributed by atoms with Crippen LogP contribution in [0.3, 0.4) is 0 Å². The van der Waals surface area contributed by atoms with Crippen LogP contribution >= 0.6 is 11.3 Å². The van der Waals surface area contributed by atoms with Gasteiger partial charge in [0.25, 0.3) is 11.8 Å². The van der Waals surface area contributed by atoms with Crippen LogP contribution in [-0.4, -0.2) is 65.7 Å². The van der Waals surface area contributed by atoms with E-state index >= 15 is 0 Å². The third kappa shape index (κ3) is 5.59. The number of amides is 2. The number of aromatic nitrogens is 1. The van der Waals surface area contributed by atoms with Crippen molar-refractivity contribution in [3.63, 3.8) is 0 Å². The summed E-state index contributed by atoms with van der Waals surface area (Å²) < 4.78 is 5.85. The summed E-state index contributed by atoms with van der Waals surface area (Å²) in [5.74, 6) is 0.206. The van der Waals surface area contributed by atoms with Crippen LogP contribution in [0.15, 0.2) is 17.5 Å². The number of carbonyl (C=O) groups is 2. The minimum atomic E-state index is -0.683. The zero-order valence-electron chi connectivity index (χ0n) is 19.9. The standard InChI is InChI=1S/C25H34N4O4S/c1-3-8-26-13-18(30)14-27-23(31)17-11-20(19-6-5-10-33-22(19)12-17)25(32)29-9-4-7-21(29)24-28-16(2)15-34-24/h11-12,15,18,21,26,30H,3-10,13-14H2,1-2H3,(H,27,31). The van der Waals surface area contributed by atoms with Gasteiger partial charge in [0.1, 0.15) is 10.8 Å². The number of carbonyl (C=O) groups excluding carboxylic acids is 2. The van der Waals surface area contributed by atoms with Gasteiger partial charge in [-0.25, -0.2) is 4.98 Å². The van der Waals surface area contributed by atoms with Crippen LogP contribution in [0.5, 0.6) is 5.75 Å². The molecule has 3 heterocycles. The van der Waals surface area contributed by atoms with Gasteiger partial charge in [-0.1, -0.05) is 6.92 Å². The number of thiazole rings is 1. The first-order valence-electron chi connectivity index (χ1n) is 12.2. The van der Waals surface area contributed by atoms with Crippen molar-refractivity contribution in [1.29, 1.82) is 0 Å². The van der Waals surface area contributed by atoms with E-state index in [0.717, 1.165) is 54.9 Å². The molecule has 1 aromatic carbocycles. The Morgan fingerprint density at radius 3 is 2.94 bits per heavy atom. The Morgan fingerprint density at radius 1 is 1.32 bits per heavy atom. The van der Waals surface area contributed by atoms with E-state index in [2.05, 4.69) is 22.5 Å². The van der Waals surface area contributed by atoms with Gasteiger partial charge in [-0.15, -0.1) is 11.3 Å². The predicted molar refractivity (Wildman–Crippen MR) is 132 cm³/mol. The van der Waals surface area contributed by atoms with Crippen LogP contribution in [-0.2, 0) is 6.42 Å². The van der Waals surface area contributed by atoms with Gasteiger partial charge >= 0.3 is 0 Å². The summed E-state index contributed by atoms with van der Waals surface area (Å²) in [7, 11) is 0. The quantitative estimate of drug-likeness (QED) is 0.471. The number of benzene rings is 1. The van der Waals surface area contributed by atoms with Gasteiger partial charge in [-0.05, 0) is 57.7 Å². The average Bonchev–Trinajstić information content (AvgIpc) is 3.50. The van der Waals surface area contributed by atoms with E-state index in [1.807, 2.05) is 17.2 Å². The molecule has 2 atom stereocenters. The lowest BCUT2D eigenvalue weighted by molar-refractivity contribution is 0.0733. The molecular weight excluding hydrogens is 452 g/mol. The number of nitrogens with zero attached hydrogens (tertiary/aromatic N) is 2. The fourth-order valence-electron chi connectivity index (χ4n) is 4.56. The molecule has 4 rings (SSSR count). The van der Waals surface area contributed by atoms with Gasteiger partial charge in [0, 0.05) is 47.4 Å². The second kappa shape index (κ2) is 11.3. The van der Waals surface area contributed by atoms with E-state index in [4.69, 9.17) is 4.74 Å². The van der Waals surface area contributed by atoms with Crippen LogP contribution in [0.4, 0.5) is 0 Å². The van der Waals surface area contributed by atoms with Gasteiger partial charge in [-0.3, -0.25) is 9.59 Å². The zero-order valence-corrected chi connectivity index (χ0v) is 20.7. The summed E-state index contributed by atoms with van der Waals surface area (Å²) >= 11 is 1.59. The molecule has 2 aliphatic heterocycles. The maximum absolute atomic E-state index is 13.8. The smallest absolute Gasteiger partial charge is 0.254 e. The Labute approximate surface area is 204 Å². The minimum absolute atomic E-state index is 0.0328. The maximum Gasteiger partial charge on any atom is 0.254 e. The number of nitrogens with one attached hydrogen (secondary N) is 2. The largest absolute Gasteiger partial charge is 0.493 e. The molecule has 2 aliphatic rings. The Morgan fingerprint density at radius 2 is 2.18 bits per heavy atom. The van der Waals surface area contributed by atoms with Gasteiger partial charge in [0.05, 0.1) is 18.8 Å². The van der Waals surface area contributed by atoms with E-state index in [9.17, 15) is 14.7 Å². The predicted octanol–water partition coefficient (Wildman–Crippen LogP) is 2.84. The molecule has 0 spiro atoms. The van der Waals surface area contributed by atoms with Crippen LogP contribution < -0.4 is 15.4 Å². The number of likely N-dealkylation sites (tertiary alicyclic amines) is 1. The third-order valence-electron chi connectivity index (χ3n) is 6.27. The molecule has 0 bridgehead atoms. The van der Waals surface area contributed by atoms with Crippen molar-refractivity contribution in [3.05, 3.63) is 44.9 Å². The molecule has 0 saturated carbocycles. The number of rotatable bonds is 9. The Balaban J connectivity index is 1.54. The molecule has 2 amide bonds. The summed E-state index contributed by atoms with van der Waals surface area (Å²) in [6.45, 7) is 6.63. The highest BCUT2D eigenvalue weighted by Gasteiger charge is 2.34. The molecular formula is C25H34N4O4S. The van der Waals surface area contributed by atoms with Crippen LogP contribution in [0.1, 0.15) is 75.6 Å². The van der Waals surface area contributed by atoms with Crippen LogP contribution in [0, 0.1) is 6.92 Å². The summed E-state index contributed by atoms with van der Waals surface area (Å²) in [5, 5.41) is 19.0. The van der Waals surface area contributed by atoms with Gasteiger partial charge in [-0.2, -0.15) is 0 Å². The number of hydrogen-bond donors (Lipinski definition) is 3. The molecule has 8 nitrogen and oxygen atoms in total. The molecule has 184 valence electrons. The van der Waals surface area contributed by atoms with E-state index < -0.39 is 6.10 Å². The fourth-order valence-corrected chi connectivity index (χ4v) is 5.50. The lowest BCUT2D eigenvalue weighted by atomic mass is 9.95. The second-order valence-corrected chi connectivity index (χ2v) is 9.89. The number of fused-ring (bicyclic) bond motifs is 1. The average molecular weight is 487 g/mol. The summed E-state index contributed by atoms with van der Waals surface area (Å²) in [6.07, 6.45) is 3.70. The van der Waals surface area contributed by atoms with Crippen molar-refractivity contribution in [2.24, 2.45) is 0 Å². The highest BCUT2D eigenvalue weighted by Crippen LogP contribution is 2.37. The number of ether oxygens (including phenoxy) is 1. The molecule has 1 aromatic heterocycles. The monoisotopic (exact) mass is 486 g/mol. The third-order valence-corrected chi connectivity index (χ3v) is 7.33. The van der Waals surface area contributed by atoms with Crippen LogP contribution in [0.2, 0.25) is 0 Å². The van der Waals surface area contributed by atoms with Gasteiger partial charge in [0.15, 0.2) is 0 Å². The lowest BCUT2D eigenvalue weighted by Gasteiger charge is -2.27. The van der Waals surface area contributed by atoms with E-state index in [-0.39, 0.29) is 24.4 Å². The van der Waals surface area contributed by atoms with Crippen molar-refractivity contribution in [2.45, 2.75) is 58.1 Å². The molecule has 2 aromatic rings. The number of aliphatic hydroxyl groups excluding tert-OH is 1. The molecule has 0 radical (unpaired) electrons. The Kier molecular flexibility index (Phi) is 8.18. The van der Waals surface area contributed by atoms with Crippen molar-refractivity contribution < 1.29 is 19.4 Å². The topological polar surface area (TPSA) is 104 Å². The molecule has 1 fully saturated rings. The molecule has 34 heavy (non-hydrogen) atoms. The minimum Gasteiger partial charge on any atom is -0.493 e. The summed E-state index contributed by atoms with van der Waals surface area (Å²) in [6, 6.07) is 3.37. The normalized spacial score (nSPS) is 18.3. The second-order valence-electron chi connectivity index (χ2n) is 9.00. The maximum atomic E-state index is 13.8. The number of aryl methyl sites for hydroxylation is 1. The molecule has 3 N–H and O–H groups in total. The van der Waals surface area contributed by atoms with Crippen molar-refractivity contribution in [2.75, 3.05) is 32.8 Å². The summed E-state index contributed by atoms with van der Waals surface area (Å²) in [5.41, 5.74) is 2.75. The highest BCUT2D eigenvalue weighted by atomic mass is 32.1. The Bertz CT molecular complexity index is 1020. The van der Waals surface area contributed by atoms with E-state index in [1.54, 1.807) is 23.5 Å². The van der Waals surface area contributed by atoms with Gasteiger partial charge < -0.3 is 25.4 Å². The number of aliphatic hydroxyl groups is 1. The van der Waals surface area contributed by atoms with Crippen molar-refractivity contribution in [3.8, 4) is 5.75 Å². The molecule has 1 saturated heterocycles. The highest BCUT2D eigenvalue weighted by molar-refractivity contribution is 7.09. The Hall–Kier alpha value is -2.49. The molecule has 0 aliphatic carbocycles. The molecule has 2 unspecified atom stereocenters. The van der Waals surface area contributed by atoms with E-state index in [1.165, 1.54) is 0 Å². The molecule has 9 heteroatoms. The first kappa shape index (κ1) is 24.6. The van der Waals surface area contributed by atoms with E-state index in [0.29, 0.717) is 36.6 Å². The van der Waals surface area contributed by atoms with Crippen LogP contribution in [0.25, 0.3) is 0 Å². The lowest BCUT2D eigenvalue weighted by Crippen LogP contribution is -2.38.